The molecular formula is C48H30. The van der Waals surface area contributed by atoms with Crippen LogP contribution in [0.5, 0.6) is 0 Å². The molecule has 10 rings (SSSR count). The minimum atomic E-state index is 1.24. The third-order valence-electron chi connectivity index (χ3n) is 10.2. The van der Waals surface area contributed by atoms with Crippen LogP contribution in [0.4, 0.5) is 0 Å². The van der Waals surface area contributed by atoms with Gasteiger partial charge in [-0.05, 0) is 116 Å². The van der Waals surface area contributed by atoms with E-state index in [4.69, 9.17) is 0 Å². The van der Waals surface area contributed by atoms with Gasteiger partial charge in [0.05, 0.1) is 0 Å². The topological polar surface area (TPSA) is 0 Å². The van der Waals surface area contributed by atoms with Gasteiger partial charge in [0.2, 0.25) is 0 Å². The summed E-state index contributed by atoms with van der Waals surface area (Å²) >= 11 is 0. The first-order valence-electron chi connectivity index (χ1n) is 16.7. The summed E-state index contributed by atoms with van der Waals surface area (Å²) in [6.07, 6.45) is 0. The predicted octanol–water partition coefficient (Wildman–Crippen LogP) is 13.6. The highest BCUT2D eigenvalue weighted by atomic mass is 14.2. The Bertz CT molecular complexity index is 2830. The van der Waals surface area contributed by atoms with Crippen molar-refractivity contribution in [2.24, 2.45) is 0 Å². The normalized spacial score (nSPS) is 11.8. The fourth-order valence-electron chi connectivity index (χ4n) is 7.94. The molecule has 0 saturated carbocycles. The van der Waals surface area contributed by atoms with Gasteiger partial charge in [0.25, 0.3) is 0 Å². The molecule has 0 fully saturated rings. The van der Waals surface area contributed by atoms with Crippen molar-refractivity contribution in [1.29, 1.82) is 0 Å². The number of benzene rings is 10. The summed E-state index contributed by atoms with van der Waals surface area (Å²) in [5.41, 5.74) is 7.58. The predicted molar refractivity (Wildman–Crippen MR) is 208 cm³/mol. The first kappa shape index (κ1) is 26.9. The van der Waals surface area contributed by atoms with Gasteiger partial charge in [-0.2, -0.15) is 0 Å². The SMILES string of the molecule is c1ccc2cc(-c3ccc4cc(-c5c6ccccc6c(-c6cccc7c6ccc6ccccc67)c6ccccc56)ccc4c3)ccc2c1. The fourth-order valence-corrected chi connectivity index (χ4v) is 7.94. The minimum absolute atomic E-state index is 1.24. The van der Waals surface area contributed by atoms with Crippen molar-refractivity contribution in [2.45, 2.75) is 0 Å². The molecule has 0 aliphatic heterocycles. The highest BCUT2D eigenvalue weighted by molar-refractivity contribution is 6.25. The van der Waals surface area contributed by atoms with E-state index in [1.807, 2.05) is 0 Å². The maximum absolute atomic E-state index is 2.37. The van der Waals surface area contributed by atoms with Crippen molar-refractivity contribution in [1.82, 2.24) is 0 Å². The molecule has 0 amide bonds. The van der Waals surface area contributed by atoms with Gasteiger partial charge in [-0.15, -0.1) is 0 Å². The van der Waals surface area contributed by atoms with E-state index in [0.717, 1.165) is 0 Å². The Morgan fingerprint density at radius 2 is 0.646 bits per heavy atom. The molecule has 0 radical (unpaired) electrons. The van der Waals surface area contributed by atoms with E-state index in [1.54, 1.807) is 0 Å². The highest BCUT2D eigenvalue weighted by Gasteiger charge is 2.18. The molecule has 0 aliphatic carbocycles. The molecule has 0 spiro atoms. The summed E-state index contributed by atoms with van der Waals surface area (Å²) < 4.78 is 0. The first-order chi connectivity index (χ1) is 23.8. The summed E-state index contributed by atoms with van der Waals surface area (Å²) in [7, 11) is 0. The Labute approximate surface area is 279 Å². The fraction of sp³-hybridized carbons (Fsp3) is 0. The van der Waals surface area contributed by atoms with E-state index in [2.05, 4.69) is 182 Å². The van der Waals surface area contributed by atoms with Crippen LogP contribution in [0.2, 0.25) is 0 Å². The van der Waals surface area contributed by atoms with Gasteiger partial charge in [-0.25, -0.2) is 0 Å². The summed E-state index contributed by atoms with van der Waals surface area (Å²) in [5, 5.41) is 15.3. The van der Waals surface area contributed by atoms with Crippen LogP contribution >= 0.6 is 0 Å². The number of hydrogen-bond donors (Lipinski definition) is 0. The van der Waals surface area contributed by atoms with Crippen molar-refractivity contribution in [3.05, 3.63) is 182 Å². The molecule has 0 atom stereocenters. The largest absolute Gasteiger partial charge is 0.0616 e. The third-order valence-corrected chi connectivity index (χ3v) is 10.2. The summed E-state index contributed by atoms with van der Waals surface area (Å²) in [6, 6.07) is 67.1. The lowest BCUT2D eigenvalue weighted by molar-refractivity contribution is 1.66. The molecule has 0 unspecified atom stereocenters. The summed E-state index contributed by atoms with van der Waals surface area (Å²) in [5.74, 6) is 0. The second-order valence-corrected chi connectivity index (χ2v) is 12.9. The maximum atomic E-state index is 2.37. The van der Waals surface area contributed by atoms with E-state index in [9.17, 15) is 0 Å². The van der Waals surface area contributed by atoms with Crippen LogP contribution in [-0.4, -0.2) is 0 Å². The van der Waals surface area contributed by atoms with Gasteiger partial charge in [0.1, 0.15) is 0 Å². The van der Waals surface area contributed by atoms with Crippen LogP contribution < -0.4 is 0 Å². The smallest absolute Gasteiger partial charge is 0.00201 e. The Balaban J connectivity index is 1.18. The molecule has 0 bridgehead atoms. The molecule has 0 heteroatoms. The van der Waals surface area contributed by atoms with Crippen molar-refractivity contribution in [3.8, 4) is 33.4 Å². The van der Waals surface area contributed by atoms with Gasteiger partial charge in [-0.1, -0.05) is 164 Å². The molecule has 0 aliphatic rings. The molecule has 0 saturated heterocycles. The van der Waals surface area contributed by atoms with Crippen molar-refractivity contribution < 1.29 is 0 Å². The van der Waals surface area contributed by atoms with Crippen LogP contribution in [0.3, 0.4) is 0 Å². The molecular weight excluding hydrogens is 577 g/mol. The molecule has 0 N–H and O–H groups in total. The summed E-state index contributed by atoms with van der Waals surface area (Å²) in [6.45, 7) is 0. The lowest BCUT2D eigenvalue weighted by Crippen LogP contribution is -1.92. The molecule has 10 aromatic carbocycles. The standard InChI is InChI=1S/C48H30/c1-2-12-33-28-34(21-20-31(33)10-1)35-22-23-37-30-38(25-24-36(37)29-35)47-43-14-5-7-16-45(43)48(46-17-8-6-15-44(46)47)42-19-9-18-40-39-13-4-3-11-32(39)26-27-41(40)42/h1-30H. The summed E-state index contributed by atoms with van der Waals surface area (Å²) in [4.78, 5) is 0. The second kappa shape index (κ2) is 10.7. The number of hydrogen-bond acceptors (Lipinski definition) is 0. The average Bonchev–Trinajstić information content (AvgIpc) is 3.16. The number of fused-ring (bicyclic) bond motifs is 7. The van der Waals surface area contributed by atoms with E-state index in [-0.39, 0.29) is 0 Å². The van der Waals surface area contributed by atoms with Crippen molar-refractivity contribution in [3.63, 3.8) is 0 Å². The molecule has 0 heterocycles. The van der Waals surface area contributed by atoms with Crippen LogP contribution in [0.25, 0.3) is 98.0 Å². The van der Waals surface area contributed by atoms with Gasteiger partial charge < -0.3 is 0 Å². The zero-order chi connectivity index (χ0) is 31.6. The molecule has 10 aromatic rings. The van der Waals surface area contributed by atoms with Gasteiger partial charge in [0.15, 0.2) is 0 Å². The van der Waals surface area contributed by atoms with E-state index >= 15 is 0 Å². The number of rotatable bonds is 3. The van der Waals surface area contributed by atoms with Gasteiger partial charge in [0, 0.05) is 0 Å². The zero-order valence-electron chi connectivity index (χ0n) is 26.3. The highest BCUT2D eigenvalue weighted by Crippen LogP contribution is 2.46. The molecule has 0 aromatic heterocycles. The van der Waals surface area contributed by atoms with E-state index < -0.39 is 0 Å². The van der Waals surface area contributed by atoms with Crippen LogP contribution in [0, 0.1) is 0 Å². The minimum Gasteiger partial charge on any atom is -0.0616 e. The van der Waals surface area contributed by atoms with E-state index in [1.165, 1.54) is 98.0 Å². The lowest BCUT2D eigenvalue weighted by atomic mass is 9.84. The van der Waals surface area contributed by atoms with Crippen molar-refractivity contribution >= 4 is 64.6 Å². The first-order valence-corrected chi connectivity index (χ1v) is 16.7. The van der Waals surface area contributed by atoms with Gasteiger partial charge in [-0.3, -0.25) is 0 Å². The maximum Gasteiger partial charge on any atom is -0.00201 e. The average molecular weight is 607 g/mol. The third kappa shape index (κ3) is 4.16. The molecule has 48 heavy (non-hydrogen) atoms. The van der Waals surface area contributed by atoms with Gasteiger partial charge >= 0.3 is 0 Å². The second-order valence-electron chi connectivity index (χ2n) is 12.9. The zero-order valence-corrected chi connectivity index (χ0v) is 26.3. The van der Waals surface area contributed by atoms with Crippen LogP contribution in [-0.2, 0) is 0 Å². The molecule has 0 nitrogen and oxygen atoms in total. The Morgan fingerprint density at radius 1 is 0.208 bits per heavy atom. The van der Waals surface area contributed by atoms with Crippen molar-refractivity contribution in [2.75, 3.05) is 0 Å². The van der Waals surface area contributed by atoms with Crippen LogP contribution in [0.15, 0.2) is 182 Å². The van der Waals surface area contributed by atoms with Crippen LogP contribution in [0.1, 0.15) is 0 Å². The monoisotopic (exact) mass is 606 g/mol. The van der Waals surface area contributed by atoms with E-state index in [0.29, 0.717) is 0 Å². The Morgan fingerprint density at radius 3 is 1.31 bits per heavy atom. The molecule has 222 valence electrons. The Kier molecular flexibility index (Phi) is 5.98. The quantitative estimate of drug-likeness (QED) is 0.139. The Hall–Kier alpha value is -6.24. The lowest BCUT2D eigenvalue weighted by Gasteiger charge is -2.19.